The Kier molecular flexibility index (Phi) is 4.43. The Hall–Kier alpha value is -1.55. The molecule has 2 rings (SSSR count). The number of anilines is 1. The van der Waals surface area contributed by atoms with Crippen molar-refractivity contribution in [1.82, 2.24) is 4.90 Å². The third-order valence-corrected chi connectivity index (χ3v) is 3.29. The minimum atomic E-state index is -0.0461. The standard InChI is InChI=1S/C15H22N2O2/c1-4-13-6-5-7-14(8-13)16-15(18)17-9-11(2)19-12(3)10-17/h5-8,11-12H,4,9-10H2,1-3H3,(H,16,18). The summed E-state index contributed by atoms with van der Waals surface area (Å²) in [5.41, 5.74) is 2.08. The van der Waals surface area contributed by atoms with Crippen LogP contribution < -0.4 is 5.32 Å². The highest BCUT2D eigenvalue weighted by Crippen LogP contribution is 2.15. The van der Waals surface area contributed by atoms with Gasteiger partial charge in [-0.25, -0.2) is 4.79 Å². The monoisotopic (exact) mass is 262 g/mol. The van der Waals surface area contributed by atoms with Crippen molar-refractivity contribution in [2.45, 2.75) is 39.4 Å². The molecule has 0 aromatic heterocycles. The third-order valence-electron chi connectivity index (χ3n) is 3.29. The average Bonchev–Trinajstić information content (AvgIpc) is 2.37. The number of ether oxygens (including phenoxy) is 1. The number of hydrogen-bond donors (Lipinski definition) is 1. The van der Waals surface area contributed by atoms with Gasteiger partial charge in [0.1, 0.15) is 0 Å². The van der Waals surface area contributed by atoms with Crippen LogP contribution in [-0.2, 0) is 11.2 Å². The van der Waals surface area contributed by atoms with Gasteiger partial charge in [0.2, 0.25) is 0 Å². The van der Waals surface area contributed by atoms with E-state index in [4.69, 9.17) is 4.74 Å². The van der Waals surface area contributed by atoms with Crippen molar-refractivity contribution >= 4 is 11.7 Å². The molecule has 1 fully saturated rings. The molecule has 0 radical (unpaired) electrons. The smallest absolute Gasteiger partial charge is 0.322 e. The van der Waals surface area contributed by atoms with Crippen molar-refractivity contribution < 1.29 is 9.53 Å². The van der Waals surface area contributed by atoms with Gasteiger partial charge in [-0.2, -0.15) is 0 Å². The molecule has 1 heterocycles. The third kappa shape index (κ3) is 3.70. The second-order valence-corrected chi connectivity index (χ2v) is 5.15. The summed E-state index contributed by atoms with van der Waals surface area (Å²) in [4.78, 5) is 14.0. The van der Waals surface area contributed by atoms with E-state index in [9.17, 15) is 4.79 Å². The zero-order valence-corrected chi connectivity index (χ0v) is 11.8. The molecule has 1 aliphatic rings. The van der Waals surface area contributed by atoms with Gasteiger partial charge in [0.15, 0.2) is 0 Å². The molecular formula is C15H22N2O2. The van der Waals surface area contributed by atoms with Crippen molar-refractivity contribution in [3.63, 3.8) is 0 Å². The minimum absolute atomic E-state index is 0.0461. The number of urea groups is 1. The minimum Gasteiger partial charge on any atom is -0.372 e. The van der Waals surface area contributed by atoms with E-state index >= 15 is 0 Å². The highest BCUT2D eigenvalue weighted by Gasteiger charge is 2.25. The Morgan fingerprint density at radius 2 is 2.05 bits per heavy atom. The topological polar surface area (TPSA) is 41.6 Å². The summed E-state index contributed by atoms with van der Waals surface area (Å²) in [6.07, 6.45) is 1.16. The maximum Gasteiger partial charge on any atom is 0.322 e. The van der Waals surface area contributed by atoms with Crippen molar-refractivity contribution in [1.29, 1.82) is 0 Å². The van der Waals surface area contributed by atoms with E-state index in [2.05, 4.69) is 18.3 Å². The van der Waals surface area contributed by atoms with Crippen LogP contribution in [0.4, 0.5) is 10.5 Å². The Labute approximate surface area is 114 Å². The number of carbonyl (C=O) groups is 1. The summed E-state index contributed by atoms with van der Waals surface area (Å²) < 4.78 is 5.63. The molecule has 19 heavy (non-hydrogen) atoms. The van der Waals surface area contributed by atoms with Gasteiger partial charge < -0.3 is 15.0 Å². The molecule has 104 valence electrons. The normalized spacial score (nSPS) is 23.2. The zero-order valence-electron chi connectivity index (χ0n) is 11.8. The first-order valence-electron chi connectivity index (χ1n) is 6.88. The maximum absolute atomic E-state index is 12.2. The van der Waals surface area contributed by atoms with Crippen molar-refractivity contribution in [2.75, 3.05) is 18.4 Å². The van der Waals surface area contributed by atoms with Crippen LogP contribution in [0.3, 0.4) is 0 Å². The SMILES string of the molecule is CCc1cccc(NC(=O)N2CC(C)OC(C)C2)c1. The van der Waals surface area contributed by atoms with Crippen LogP contribution in [-0.4, -0.2) is 36.2 Å². The van der Waals surface area contributed by atoms with E-state index in [1.165, 1.54) is 5.56 Å². The number of carbonyl (C=O) groups excluding carboxylic acids is 1. The molecule has 1 aromatic rings. The number of nitrogens with one attached hydrogen (secondary N) is 1. The Morgan fingerprint density at radius 1 is 1.37 bits per heavy atom. The molecule has 2 unspecified atom stereocenters. The number of hydrogen-bond acceptors (Lipinski definition) is 2. The molecule has 0 saturated carbocycles. The number of morpholine rings is 1. The Morgan fingerprint density at radius 3 is 2.68 bits per heavy atom. The molecule has 1 saturated heterocycles. The van der Waals surface area contributed by atoms with Crippen molar-refractivity contribution in [3.05, 3.63) is 29.8 Å². The predicted molar refractivity (Wildman–Crippen MR) is 76.4 cm³/mol. The van der Waals surface area contributed by atoms with Crippen LogP contribution >= 0.6 is 0 Å². The summed E-state index contributed by atoms with van der Waals surface area (Å²) >= 11 is 0. The molecule has 1 N–H and O–H groups in total. The quantitative estimate of drug-likeness (QED) is 0.890. The molecule has 2 atom stereocenters. The first kappa shape index (κ1) is 13.9. The fraction of sp³-hybridized carbons (Fsp3) is 0.533. The second kappa shape index (κ2) is 6.06. The van der Waals surface area contributed by atoms with Crippen LogP contribution in [0.25, 0.3) is 0 Å². The molecule has 0 spiro atoms. The first-order chi connectivity index (χ1) is 9.08. The predicted octanol–water partition coefficient (Wildman–Crippen LogP) is 2.89. The molecule has 4 heteroatoms. The van der Waals surface area contributed by atoms with Gasteiger partial charge in [-0.15, -0.1) is 0 Å². The molecule has 2 amide bonds. The largest absolute Gasteiger partial charge is 0.372 e. The average molecular weight is 262 g/mol. The van der Waals surface area contributed by atoms with Gasteiger partial charge in [0.25, 0.3) is 0 Å². The van der Waals surface area contributed by atoms with Crippen molar-refractivity contribution in [2.24, 2.45) is 0 Å². The number of aryl methyl sites for hydroxylation is 1. The summed E-state index contributed by atoms with van der Waals surface area (Å²) in [7, 11) is 0. The number of nitrogens with zero attached hydrogens (tertiary/aromatic N) is 1. The number of benzene rings is 1. The number of amides is 2. The fourth-order valence-electron chi connectivity index (χ4n) is 2.42. The van der Waals surface area contributed by atoms with Crippen LogP contribution in [0.15, 0.2) is 24.3 Å². The van der Waals surface area contributed by atoms with Gasteiger partial charge in [0, 0.05) is 18.8 Å². The molecule has 1 aromatic carbocycles. The van der Waals surface area contributed by atoms with Gasteiger partial charge in [0.05, 0.1) is 12.2 Å². The van der Waals surface area contributed by atoms with Crippen LogP contribution in [0.1, 0.15) is 26.3 Å². The molecular weight excluding hydrogens is 240 g/mol. The van der Waals surface area contributed by atoms with Crippen LogP contribution in [0.2, 0.25) is 0 Å². The highest BCUT2D eigenvalue weighted by atomic mass is 16.5. The zero-order chi connectivity index (χ0) is 13.8. The van der Waals surface area contributed by atoms with E-state index in [1.54, 1.807) is 0 Å². The maximum atomic E-state index is 12.2. The van der Waals surface area contributed by atoms with E-state index in [1.807, 2.05) is 36.9 Å². The highest BCUT2D eigenvalue weighted by molar-refractivity contribution is 5.89. The van der Waals surface area contributed by atoms with Gasteiger partial charge in [-0.1, -0.05) is 19.1 Å². The molecule has 4 nitrogen and oxygen atoms in total. The van der Waals surface area contributed by atoms with Crippen LogP contribution in [0, 0.1) is 0 Å². The van der Waals surface area contributed by atoms with E-state index in [0.29, 0.717) is 13.1 Å². The van der Waals surface area contributed by atoms with E-state index in [-0.39, 0.29) is 18.2 Å². The van der Waals surface area contributed by atoms with Crippen molar-refractivity contribution in [3.8, 4) is 0 Å². The molecule has 1 aliphatic heterocycles. The lowest BCUT2D eigenvalue weighted by molar-refractivity contribution is -0.0530. The first-order valence-corrected chi connectivity index (χ1v) is 6.88. The number of rotatable bonds is 2. The Balaban J connectivity index is 2.00. The fourth-order valence-corrected chi connectivity index (χ4v) is 2.42. The van der Waals surface area contributed by atoms with Gasteiger partial charge >= 0.3 is 6.03 Å². The molecule has 0 bridgehead atoms. The lowest BCUT2D eigenvalue weighted by Gasteiger charge is -2.35. The lowest BCUT2D eigenvalue weighted by atomic mass is 10.1. The van der Waals surface area contributed by atoms with Gasteiger partial charge in [-0.05, 0) is 38.0 Å². The summed E-state index contributed by atoms with van der Waals surface area (Å²) in [5.74, 6) is 0. The second-order valence-electron chi connectivity index (χ2n) is 5.15. The lowest BCUT2D eigenvalue weighted by Crippen LogP contribution is -2.49. The van der Waals surface area contributed by atoms with Gasteiger partial charge in [-0.3, -0.25) is 0 Å². The summed E-state index contributed by atoms with van der Waals surface area (Å²) in [6, 6.07) is 7.93. The van der Waals surface area contributed by atoms with Crippen LogP contribution in [0.5, 0.6) is 0 Å². The summed E-state index contributed by atoms with van der Waals surface area (Å²) in [5, 5.41) is 2.96. The Bertz CT molecular complexity index is 438. The molecule has 0 aliphatic carbocycles. The summed E-state index contributed by atoms with van der Waals surface area (Å²) in [6.45, 7) is 7.38. The van der Waals surface area contributed by atoms with E-state index < -0.39 is 0 Å². The van der Waals surface area contributed by atoms with E-state index in [0.717, 1.165) is 12.1 Å².